The lowest BCUT2D eigenvalue weighted by atomic mass is 9.86. The van der Waals surface area contributed by atoms with Gasteiger partial charge in [-0.3, -0.25) is 14.9 Å². The molecular formula is C13H14BrFN2O4. The van der Waals surface area contributed by atoms with Crippen LogP contribution in [0.25, 0.3) is 0 Å². The fourth-order valence-electron chi connectivity index (χ4n) is 2.51. The summed E-state index contributed by atoms with van der Waals surface area (Å²) in [6.07, 6.45) is 2.29. The Bertz CT molecular complexity index is 574. The molecule has 0 saturated heterocycles. The normalized spacial score (nSPS) is 21.8. The van der Waals surface area contributed by atoms with Gasteiger partial charge in [0.25, 0.3) is 5.69 Å². The summed E-state index contributed by atoms with van der Waals surface area (Å²) in [5, 5.41) is 22.9. The van der Waals surface area contributed by atoms with Gasteiger partial charge in [-0.1, -0.05) is 0 Å². The van der Waals surface area contributed by atoms with E-state index in [4.69, 9.17) is 5.11 Å². The zero-order valence-corrected chi connectivity index (χ0v) is 12.6. The maximum atomic E-state index is 13.4. The molecule has 1 fully saturated rings. The van der Waals surface area contributed by atoms with Gasteiger partial charge in [0.2, 0.25) is 0 Å². The highest BCUT2D eigenvalue weighted by molar-refractivity contribution is 9.10. The van der Waals surface area contributed by atoms with Crippen LogP contribution in [0.5, 0.6) is 0 Å². The lowest BCUT2D eigenvalue weighted by Gasteiger charge is -2.27. The molecule has 0 spiro atoms. The molecule has 114 valence electrons. The molecule has 8 heteroatoms. The molecule has 0 amide bonds. The fourth-order valence-corrected chi connectivity index (χ4v) is 2.85. The third-order valence-corrected chi connectivity index (χ3v) is 4.28. The Balaban J connectivity index is 2.11. The van der Waals surface area contributed by atoms with Gasteiger partial charge in [-0.15, -0.1) is 0 Å². The predicted octanol–water partition coefficient (Wildman–Crippen LogP) is 3.55. The Morgan fingerprint density at radius 1 is 1.38 bits per heavy atom. The number of carbonyl (C=O) groups is 1. The first-order valence-electron chi connectivity index (χ1n) is 6.51. The molecule has 0 heterocycles. The molecule has 1 aliphatic carbocycles. The third-order valence-electron chi connectivity index (χ3n) is 3.67. The molecule has 0 unspecified atom stereocenters. The molecular weight excluding hydrogens is 347 g/mol. The van der Waals surface area contributed by atoms with Crippen molar-refractivity contribution in [3.05, 3.63) is 32.5 Å². The van der Waals surface area contributed by atoms with Crippen LogP contribution in [-0.2, 0) is 4.79 Å². The van der Waals surface area contributed by atoms with Gasteiger partial charge in [-0.2, -0.15) is 0 Å². The number of hydrogen-bond acceptors (Lipinski definition) is 4. The second-order valence-corrected chi connectivity index (χ2v) is 5.93. The Kier molecular flexibility index (Phi) is 4.76. The van der Waals surface area contributed by atoms with Gasteiger partial charge in [-0.25, -0.2) is 4.39 Å². The van der Waals surface area contributed by atoms with E-state index >= 15 is 0 Å². The maximum absolute atomic E-state index is 13.4. The largest absolute Gasteiger partial charge is 0.481 e. The van der Waals surface area contributed by atoms with Crippen LogP contribution in [0.1, 0.15) is 25.7 Å². The zero-order chi connectivity index (χ0) is 15.6. The number of benzene rings is 1. The van der Waals surface area contributed by atoms with E-state index in [1.54, 1.807) is 0 Å². The van der Waals surface area contributed by atoms with Crippen LogP contribution < -0.4 is 5.32 Å². The van der Waals surface area contributed by atoms with Gasteiger partial charge in [0, 0.05) is 6.04 Å². The van der Waals surface area contributed by atoms with Crippen LogP contribution >= 0.6 is 15.9 Å². The standard InChI is InChI=1S/C13H14BrFN2O4/c14-9-5-11(12(17(20)21)6-10(9)15)16-8-3-1-7(2-4-8)13(18)19/h5-8,16H,1-4H2,(H,18,19). The van der Waals surface area contributed by atoms with E-state index in [0.29, 0.717) is 25.7 Å². The topological polar surface area (TPSA) is 92.5 Å². The van der Waals surface area contributed by atoms with Crippen LogP contribution in [0, 0.1) is 21.8 Å². The lowest BCUT2D eigenvalue weighted by molar-refractivity contribution is -0.384. The summed E-state index contributed by atoms with van der Waals surface area (Å²) in [4.78, 5) is 21.2. The third kappa shape index (κ3) is 3.69. The first-order chi connectivity index (χ1) is 9.88. The van der Waals surface area contributed by atoms with Crippen molar-refractivity contribution in [2.75, 3.05) is 5.32 Å². The minimum absolute atomic E-state index is 0.0448. The van der Waals surface area contributed by atoms with Crippen molar-refractivity contribution in [3.63, 3.8) is 0 Å². The molecule has 1 aliphatic rings. The van der Waals surface area contributed by atoms with Crippen LogP contribution in [0.2, 0.25) is 0 Å². The van der Waals surface area contributed by atoms with E-state index in [1.807, 2.05) is 0 Å². The number of nitrogens with zero attached hydrogens (tertiary/aromatic N) is 1. The summed E-state index contributed by atoms with van der Waals surface area (Å²) in [6.45, 7) is 0. The summed E-state index contributed by atoms with van der Waals surface area (Å²) in [7, 11) is 0. The SMILES string of the molecule is O=C(O)C1CCC(Nc2cc(Br)c(F)cc2[N+](=O)[O-])CC1. The van der Waals surface area contributed by atoms with E-state index in [9.17, 15) is 19.3 Å². The van der Waals surface area contributed by atoms with Gasteiger partial charge < -0.3 is 10.4 Å². The fraction of sp³-hybridized carbons (Fsp3) is 0.462. The van der Waals surface area contributed by atoms with Gasteiger partial charge in [0.15, 0.2) is 0 Å². The molecule has 21 heavy (non-hydrogen) atoms. The van der Waals surface area contributed by atoms with Gasteiger partial charge >= 0.3 is 5.97 Å². The van der Waals surface area contributed by atoms with Crippen LogP contribution in [0.3, 0.4) is 0 Å². The quantitative estimate of drug-likeness (QED) is 0.632. The van der Waals surface area contributed by atoms with Crippen LogP contribution in [0.15, 0.2) is 16.6 Å². The minimum Gasteiger partial charge on any atom is -0.481 e. The minimum atomic E-state index is -0.802. The molecule has 0 atom stereocenters. The monoisotopic (exact) mass is 360 g/mol. The maximum Gasteiger partial charge on any atom is 0.306 e. The predicted molar refractivity (Wildman–Crippen MR) is 77.8 cm³/mol. The van der Waals surface area contributed by atoms with Crippen LogP contribution in [-0.4, -0.2) is 22.0 Å². The molecule has 2 rings (SSSR count). The summed E-state index contributed by atoms with van der Waals surface area (Å²) < 4.78 is 13.5. The molecule has 1 saturated carbocycles. The number of aliphatic carboxylic acids is 1. The number of rotatable bonds is 4. The highest BCUT2D eigenvalue weighted by Gasteiger charge is 2.27. The molecule has 0 aliphatic heterocycles. The van der Waals surface area contributed by atoms with Crippen molar-refractivity contribution in [1.82, 2.24) is 0 Å². The second kappa shape index (κ2) is 6.38. The molecule has 0 aromatic heterocycles. The number of hydrogen-bond donors (Lipinski definition) is 2. The average molecular weight is 361 g/mol. The molecule has 6 nitrogen and oxygen atoms in total. The van der Waals surface area contributed by atoms with E-state index < -0.39 is 16.7 Å². The van der Waals surface area contributed by atoms with Crippen molar-refractivity contribution in [2.45, 2.75) is 31.7 Å². The second-order valence-electron chi connectivity index (χ2n) is 5.07. The van der Waals surface area contributed by atoms with Crippen molar-refractivity contribution in [2.24, 2.45) is 5.92 Å². The van der Waals surface area contributed by atoms with E-state index in [1.165, 1.54) is 6.07 Å². The first kappa shape index (κ1) is 15.7. The zero-order valence-electron chi connectivity index (χ0n) is 11.0. The number of carboxylic acid groups (broad SMARTS) is 1. The summed E-state index contributed by atoms with van der Waals surface area (Å²) in [6, 6.07) is 2.17. The summed E-state index contributed by atoms with van der Waals surface area (Å²) in [5.74, 6) is -1.84. The van der Waals surface area contributed by atoms with Gasteiger partial charge in [0.05, 0.1) is 21.4 Å². The van der Waals surface area contributed by atoms with E-state index in [-0.39, 0.29) is 27.8 Å². The van der Waals surface area contributed by atoms with Crippen molar-refractivity contribution in [3.8, 4) is 0 Å². The molecule has 0 radical (unpaired) electrons. The van der Waals surface area contributed by atoms with Crippen molar-refractivity contribution >= 4 is 33.3 Å². The molecule has 2 N–H and O–H groups in total. The number of nitro groups is 1. The Morgan fingerprint density at radius 2 is 2.00 bits per heavy atom. The molecule has 1 aromatic rings. The number of halogens is 2. The lowest BCUT2D eigenvalue weighted by Crippen LogP contribution is -2.29. The average Bonchev–Trinajstić information content (AvgIpc) is 2.43. The Hall–Kier alpha value is -1.70. The summed E-state index contributed by atoms with van der Waals surface area (Å²) >= 11 is 3.01. The van der Waals surface area contributed by atoms with E-state index in [2.05, 4.69) is 21.2 Å². The van der Waals surface area contributed by atoms with Crippen molar-refractivity contribution < 1.29 is 19.2 Å². The van der Waals surface area contributed by atoms with Gasteiger partial charge in [-0.05, 0) is 47.7 Å². The number of carboxylic acids is 1. The molecule has 1 aromatic carbocycles. The van der Waals surface area contributed by atoms with Crippen LogP contribution in [0.4, 0.5) is 15.8 Å². The highest BCUT2D eigenvalue weighted by Crippen LogP contribution is 2.33. The van der Waals surface area contributed by atoms with Gasteiger partial charge in [0.1, 0.15) is 11.5 Å². The first-order valence-corrected chi connectivity index (χ1v) is 7.30. The van der Waals surface area contributed by atoms with Crippen molar-refractivity contribution in [1.29, 1.82) is 0 Å². The number of anilines is 1. The Labute approximate surface area is 128 Å². The number of nitrogens with one attached hydrogen (secondary N) is 1. The number of nitro benzene ring substituents is 1. The highest BCUT2D eigenvalue weighted by atomic mass is 79.9. The van der Waals surface area contributed by atoms with E-state index in [0.717, 1.165) is 6.07 Å². The summed E-state index contributed by atoms with van der Waals surface area (Å²) in [5.41, 5.74) is -0.0805. The smallest absolute Gasteiger partial charge is 0.306 e. The Morgan fingerprint density at radius 3 is 2.52 bits per heavy atom. The molecule has 0 bridgehead atoms.